The van der Waals surface area contributed by atoms with Crippen molar-refractivity contribution >= 4 is 22.0 Å². The molecule has 1 unspecified atom stereocenters. The van der Waals surface area contributed by atoms with Crippen molar-refractivity contribution in [1.29, 1.82) is 0 Å². The second-order valence-corrected chi connectivity index (χ2v) is 5.58. The maximum Gasteiger partial charge on any atom is 0.405 e. The fourth-order valence-electron chi connectivity index (χ4n) is 1.97. The number of benzene rings is 1. The molecule has 0 saturated heterocycles. The van der Waals surface area contributed by atoms with Gasteiger partial charge in [-0.25, -0.2) is 4.79 Å². The van der Waals surface area contributed by atoms with E-state index in [1.807, 2.05) is 24.3 Å². The second-order valence-electron chi connectivity index (χ2n) is 4.93. The molecule has 0 radical (unpaired) electrons. The van der Waals surface area contributed by atoms with Gasteiger partial charge in [0.25, 0.3) is 0 Å². The first-order valence-electron chi connectivity index (χ1n) is 6.85. The predicted octanol–water partition coefficient (Wildman–Crippen LogP) is 4.21. The third kappa shape index (κ3) is 5.82. The van der Waals surface area contributed by atoms with Gasteiger partial charge in [0.1, 0.15) is 5.75 Å². The van der Waals surface area contributed by atoms with Crippen molar-refractivity contribution in [3.63, 3.8) is 0 Å². The highest BCUT2D eigenvalue weighted by Gasteiger charge is 2.12. The monoisotopic (exact) mass is 343 g/mol. The number of amides is 1. The van der Waals surface area contributed by atoms with E-state index in [2.05, 4.69) is 35.1 Å². The summed E-state index contributed by atoms with van der Waals surface area (Å²) in [6.45, 7) is 5.05. The zero-order chi connectivity index (χ0) is 15.0. The Labute approximate surface area is 128 Å². The minimum atomic E-state index is -1.02. The summed E-state index contributed by atoms with van der Waals surface area (Å²) in [5, 5.41) is 11.8. The Balaban J connectivity index is 2.56. The first-order valence-corrected chi connectivity index (χ1v) is 7.97. The molecule has 0 aliphatic heterocycles. The molecule has 4 nitrogen and oxygen atoms in total. The van der Waals surface area contributed by atoms with Crippen LogP contribution < -0.4 is 10.1 Å². The van der Waals surface area contributed by atoms with Crippen molar-refractivity contribution < 1.29 is 14.6 Å². The summed E-state index contributed by atoms with van der Waals surface area (Å²) in [7, 11) is 0. The molecule has 1 amide bonds. The highest BCUT2D eigenvalue weighted by Crippen LogP contribution is 2.20. The zero-order valence-corrected chi connectivity index (χ0v) is 13.5. The van der Waals surface area contributed by atoms with Crippen LogP contribution >= 0.6 is 15.9 Å². The highest BCUT2D eigenvalue weighted by atomic mass is 79.9. The largest absolute Gasteiger partial charge is 0.493 e. The molecule has 0 fully saturated rings. The molecular formula is C15H22BrNO3. The number of hydrogen-bond donors (Lipinski definition) is 2. The molecule has 0 spiro atoms. The standard InChI is InChI=1S/C15H22BrNO3/c1-3-4-11(2)10-20-13-7-5-12(6-8-13)14(9-16)17-15(18)19/h5-8,11,14,17H,3-4,9-10H2,1-2H3,(H,18,19)/t11?,14-/m0/s1. The highest BCUT2D eigenvalue weighted by molar-refractivity contribution is 9.09. The average molecular weight is 344 g/mol. The number of nitrogens with one attached hydrogen (secondary N) is 1. The topological polar surface area (TPSA) is 58.6 Å². The Morgan fingerprint density at radius 1 is 1.40 bits per heavy atom. The summed E-state index contributed by atoms with van der Waals surface area (Å²) in [5.74, 6) is 1.36. The van der Waals surface area contributed by atoms with Gasteiger partial charge in [-0.1, -0.05) is 48.3 Å². The van der Waals surface area contributed by atoms with Gasteiger partial charge >= 0.3 is 6.09 Å². The van der Waals surface area contributed by atoms with Crippen LogP contribution in [0.5, 0.6) is 5.75 Å². The Bertz CT molecular complexity index is 408. The normalized spacial score (nSPS) is 13.6. The first kappa shape index (κ1) is 16.8. The minimum Gasteiger partial charge on any atom is -0.493 e. The molecule has 0 heterocycles. The molecule has 2 atom stereocenters. The molecule has 0 saturated carbocycles. The van der Waals surface area contributed by atoms with Crippen LogP contribution in [0.25, 0.3) is 0 Å². The number of carboxylic acid groups (broad SMARTS) is 1. The predicted molar refractivity (Wildman–Crippen MR) is 83.7 cm³/mol. The summed E-state index contributed by atoms with van der Waals surface area (Å²) in [6.07, 6.45) is 1.30. The first-order chi connectivity index (χ1) is 9.56. The van der Waals surface area contributed by atoms with Gasteiger partial charge in [-0.3, -0.25) is 0 Å². The molecule has 0 aromatic heterocycles. The molecule has 1 aromatic rings. The van der Waals surface area contributed by atoms with Gasteiger partial charge in [-0.2, -0.15) is 0 Å². The molecule has 0 aliphatic rings. The van der Waals surface area contributed by atoms with Crippen LogP contribution in [-0.2, 0) is 0 Å². The van der Waals surface area contributed by atoms with Crippen LogP contribution in [-0.4, -0.2) is 23.1 Å². The summed E-state index contributed by atoms with van der Waals surface area (Å²) in [6, 6.07) is 7.30. The quantitative estimate of drug-likeness (QED) is 0.695. The Morgan fingerprint density at radius 3 is 2.55 bits per heavy atom. The van der Waals surface area contributed by atoms with Gasteiger partial charge in [0, 0.05) is 5.33 Å². The smallest absolute Gasteiger partial charge is 0.405 e. The maximum absolute atomic E-state index is 10.7. The van der Waals surface area contributed by atoms with Crippen LogP contribution in [0.1, 0.15) is 38.3 Å². The van der Waals surface area contributed by atoms with Crippen molar-refractivity contribution in [1.82, 2.24) is 5.32 Å². The summed E-state index contributed by atoms with van der Waals surface area (Å²) in [4.78, 5) is 10.7. The molecule has 112 valence electrons. The Kier molecular flexibility index (Phi) is 7.44. The minimum absolute atomic E-state index is 0.249. The molecule has 1 aromatic carbocycles. The fourth-order valence-corrected chi connectivity index (χ4v) is 2.51. The molecule has 0 aliphatic carbocycles. The second kappa shape index (κ2) is 8.84. The van der Waals surface area contributed by atoms with E-state index in [4.69, 9.17) is 9.84 Å². The van der Waals surface area contributed by atoms with Crippen LogP contribution in [0.2, 0.25) is 0 Å². The van der Waals surface area contributed by atoms with Crippen LogP contribution in [0.15, 0.2) is 24.3 Å². The molecule has 20 heavy (non-hydrogen) atoms. The summed E-state index contributed by atoms with van der Waals surface area (Å²) < 4.78 is 5.72. The molecule has 2 N–H and O–H groups in total. The van der Waals surface area contributed by atoms with Crippen LogP contribution in [0, 0.1) is 5.92 Å². The van der Waals surface area contributed by atoms with Gasteiger partial charge < -0.3 is 15.2 Å². The van der Waals surface area contributed by atoms with E-state index < -0.39 is 6.09 Å². The number of carbonyl (C=O) groups is 1. The van der Waals surface area contributed by atoms with Crippen molar-refractivity contribution in [3.05, 3.63) is 29.8 Å². The molecular weight excluding hydrogens is 322 g/mol. The van der Waals surface area contributed by atoms with Crippen molar-refractivity contribution in [2.45, 2.75) is 32.7 Å². The lowest BCUT2D eigenvalue weighted by Gasteiger charge is -2.16. The van der Waals surface area contributed by atoms with E-state index in [1.165, 1.54) is 0 Å². The van der Waals surface area contributed by atoms with E-state index in [0.717, 1.165) is 24.2 Å². The lowest BCUT2D eigenvalue weighted by molar-refractivity contribution is 0.191. The van der Waals surface area contributed by atoms with Gasteiger partial charge in [0.05, 0.1) is 12.6 Å². The number of hydrogen-bond acceptors (Lipinski definition) is 2. The average Bonchev–Trinajstić information content (AvgIpc) is 2.43. The van der Waals surface area contributed by atoms with Crippen LogP contribution in [0.4, 0.5) is 4.79 Å². The van der Waals surface area contributed by atoms with Gasteiger partial charge in [-0.15, -0.1) is 0 Å². The summed E-state index contributed by atoms with van der Waals surface area (Å²) >= 11 is 3.31. The fraction of sp³-hybridized carbons (Fsp3) is 0.533. The summed E-state index contributed by atoms with van der Waals surface area (Å²) in [5.41, 5.74) is 0.915. The number of rotatable bonds is 8. The number of ether oxygens (including phenoxy) is 1. The van der Waals surface area contributed by atoms with E-state index >= 15 is 0 Å². The zero-order valence-electron chi connectivity index (χ0n) is 11.9. The van der Waals surface area contributed by atoms with Crippen molar-refractivity contribution in [2.24, 2.45) is 5.92 Å². The molecule has 0 bridgehead atoms. The van der Waals surface area contributed by atoms with Crippen LogP contribution in [0.3, 0.4) is 0 Å². The SMILES string of the molecule is CCCC(C)COc1ccc([C@H](CBr)NC(=O)O)cc1. The maximum atomic E-state index is 10.7. The van der Waals surface area contributed by atoms with Gasteiger partial charge in [-0.05, 0) is 30.0 Å². The van der Waals surface area contributed by atoms with E-state index in [1.54, 1.807) is 0 Å². The Morgan fingerprint density at radius 2 is 2.05 bits per heavy atom. The third-order valence-corrected chi connectivity index (χ3v) is 3.70. The van der Waals surface area contributed by atoms with E-state index in [-0.39, 0.29) is 6.04 Å². The third-order valence-electron chi connectivity index (χ3n) is 3.05. The number of halogens is 1. The van der Waals surface area contributed by atoms with Crippen molar-refractivity contribution in [3.8, 4) is 5.75 Å². The van der Waals surface area contributed by atoms with Gasteiger partial charge in [0.2, 0.25) is 0 Å². The lowest BCUT2D eigenvalue weighted by atomic mass is 10.1. The van der Waals surface area contributed by atoms with Gasteiger partial charge in [0.15, 0.2) is 0 Å². The van der Waals surface area contributed by atoms with E-state index in [9.17, 15) is 4.79 Å². The van der Waals surface area contributed by atoms with E-state index in [0.29, 0.717) is 17.9 Å². The molecule has 5 heteroatoms. The van der Waals surface area contributed by atoms with Crippen molar-refractivity contribution in [2.75, 3.05) is 11.9 Å². The Hall–Kier alpha value is -1.23. The molecule has 1 rings (SSSR count). The lowest BCUT2D eigenvalue weighted by Crippen LogP contribution is -2.27. The number of alkyl halides is 1.